The van der Waals surface area contributed by atoms with E-state index in [-0.39, 0.29) is 18.3 Å². The minimum Gasteiger partial charge on any atom is -0.394 e. The van der Waals surface area contributed by atoms with Gasteiger partial charge in [0, 0.05) is 24.3 Å². The molecule has 3 rings (SSSR count). The van der Waals surface area contributed by atoms with E-state index in [1.165, 1.54) is 30.5 Å². The third kappa shape index (κ3) is 3.19. The number of aliphatic hydroxyl groups is 1. The van der Waals surface area contributed by atoms with E-state index >= 15 is 0 Å². The van der Waals surface area contributed by atoms with Crippen molar-refractivity contribution in [2.75, 3.05) is 24.6 Å². The van der Waals surface area contributed by atoms with Crippen LogP contribution in [-0.2, 0) is 17.6 Å². The van der Waals surface area contributed by atoms with Crippen molar-refractivity contribution in [1.82, 2.24) is 9.97 Å². The molecular weight excluding hydrogens is 266 g/mol. The van der Waals surface area contributed by atoms with E-state index in [9.17, 15) is 5.11 Å². The van der Waals surface area contributed by atoms with Gasteiger partial charge in [0.25, 0.3) is 0 Å². The fraction of sp³-hybridized carbons (Fsp3) is 0.750. The second-order valence-electron chi connectivity index (χ2n) is 6.75. The van der Waals surface area contributed by atoms with Crippen LogP contribution < -0.4 is 4.90 Å². The quantitative estimate of drug-likeness (QED) is 0.841. The number of aliphatic hydroxyl groups excluding tert-OH is 1. The molecule has 1 atom stereocenters. The number of anilines is 1. The van der Waals surface area contributed by atoms with Crippen molar-refractivity contribution in [2.45, 2.75) is 57.7 Å². The number of aryl methyl sites for hydroxylation is 1. The van der Waals surface area contributed by atoms with Gasteiger partial charge in [0.05, 0.1) is 18.3 Å². The van der Waals surface area contributed by atoms with Crippen LogP contribution in [0.4, 0.5) is 5.82 Å². The highest BCUT2D eigenvalue weighted by atomic mass is 16.5. The highest BCUT2D eigenvalue weighted by molar-refractivity contribution is 5.50. The smallest absolute Gasteiger partial charge is 0.135 e. The Hall–Kier alpha value is -1.20. The average Bonchev–Trinajstić information content (AvgIpc) is 2.70. The maximum Gasteiger partial charge on any atom is 0.135 e. The van der Waals surface area contributed by atoms with Gasteiger partial charge in [-0.1, -0.05) is 6.42 Å². The number of rotatable bonds is 2. The monoisotopic (exact) mass is 291 g/mol. The fourth-order valence-electron chi connectivity index (χ4n) is 3.51. The first-order valence-corrected chi connectivity index (χ1v) is 7.95. The van der Waals surface area contributed by atoms with Crippen molar-refractivity contribution in [1.29, 1.82) is 0 Å². The molecule has 0 amide bonds. The second-order valence-corrected chi connectivity index (χ2v) is 6.75. The van der Waals surface area contributed by atoms with E-state index in [0.717, 1.165) is 25.2 Å². The highest BCUT2D eigenvalue weighted by Crippen LogP contribution is 2.30. The Morgan fingerprint density at radius 1 is 1.29 bits per heavy atom. The molecule has 1 N–H and O–H groups in total. The molecule has 1 aliphatic carbocycles. The lowest BCUT2D eigenvalue weighted by atomic mass is 10.0. The molecule has 0 saturated carbocycles. The lowest BCUT2D eigenvalue weighted by Gasteiger charge is -2.43. The van der Waals surface area contributed by atoms with Gasteiger partial charge in [-0.3, -0.25) is 0 Å². The average molecular weight is 291 g/mol. The van der Waals surface area contributed by atoms with Gasteiger partial charge in [0.2, 0.25) is 0 Å². The zero-order chi connectivity index (χ0) is 14.9. The van der Waals surface area contributed by atoms with Crippen LogP contribution in [0.3, 0.4) is 0 Å². The number of morpholine rings is 1. The van der Waals surface area contributed by atoms with E-state index in [1.54, 1.807) is 6.33 Å². The van der Waals surface area contributed by atoms with E-state index in [0.29, 0.717) is 6.54 Å². The third-order valence-electron chi connectivity index (χ3n) is 4.34. The van der Waals surface area contributed by atoms with Gasteiger partial charge in [0.1, 0.15) is 12.1 Å². The lowest BCUT2D eigenvalue weighted by Crippen LogP contribution is -2.54. The molecule has 1 aliphatic heterocycles. The summed E-state index contributed by atoms with van der Waals surface area (Å²) in [7, 11) is 0. The number of hydrogen-bond acceptors (Lipinski definition) is 5. The zero-order valence-electron chi connectivity index (χ0n) is 13.0. The molecule has 2 heterocycles. The van der Waals surface area contributed by atoms with Gasteiger partial charge in [-0.05, 0) is 39.5 Å². The molecule has 0 aromatic carbocycles. The first-order chi connectivity index (χ1) is 10.1. The van der Waals surface area contributed by atoms with Gasteiger partial charge in [-0.15, -0.1) is 0 Å². The Morgan fingerprint density at radius 2 is 2.10 bits per heavy atom. The van der Waals surface area contributed by atoms with Crippen molar-refractivity contribution in [3.63, 3.8) is 0 Å². The normalized spacial score (nSPS) is 25.3. The predicted octanol–water partition coefficient (Wildman–Crippen LogP) is 1.72. The van der Waals surface area contributed by atoms with E-state index in [4.69, 9.17) is 4.74 Å². The molecule has 1 unspecified atom stereocenters. The van der Waals surface area contributed by atoms with Gasteiger partial charge >= 0.3 is 0 Å². The summed E-state index contributed by atoms with van der Waals surface area (Å²) in [6.07, 6.45) is 7.36. The SMILES string of the molecule is CC1(C)CN(c2ncnc3c2CCCCC3)CC(CO)O1. The molecule has 5 nitrogen and oxygen atoms in total. The first-order valence-electron chi connectivity index (χ1n) is 7.95. The third-order valence-corrected chi connectivity index (χ3v) is 4.34. The van der Waals surface area contributed by atoms with Crippen LogP contribution in [0.2, 0.25) is 0 Å². The Labute approximate surface area is 126 Å². The summed E-state index contributed by atoms with van der Waals surface area (Å²) >= 11 is 0. The van der Waals surface area contributed by atoms with E-state index < -0.39 is 0 Å². The summed E-state index contributed by atoms with van der Waals surface area (Å²) in [5.41, 5.74) is 2.25. The minimum absolute atomic E-state index is 0.0488. The van der Waals surface area contributed by atoms with Gasteiger partial charge in [-0.2, -0.15) is 0 Å². The topological polar surface area (TPSA) is 58.5 Å². The summed E-state index contributed by atoms with van der Waals surface area (Å²) in [5.74, 6) is 1.05. The molecule has 2 aliphatic rings. The number of aromatic nitrogens is 2. The van der Waals surface area contributed by atoms with Crippen LogP contribution in [0.1, 0.15) is 44.4 Å². The molecule has 1 saturated heterocycles. The minimum atomic E-state index is -0.270. The van der Waals surface area contributed by atoms with Crippen molar-refractivity contribution in [3.8, 4) is 0 Å². The van der Waals surface area contributed by atoms with Crippen molar-refractivity contribution < 1.29 is 9.84 Å². The van der Waals surface area contributed by atoms with Crippen molar-refractivity contribution in [3.05, 3.63) is 17.6 Å². The van der Waals surface area contributed by atoms with Crippen LogP contribution in [0.5, 0.6) is 0 Å². The summed E-state index contributed by atoms with van der Waals surface area (Å²) in [6.45, 7) is 5.69. The van der Waals surface area contributed by atoms with Gasteiger partial charge in [0.15, 0.2) is 0 Å². The van der Waals surface area contributed by atoms with Crippen LogP contribution >= 0.6 is 0 Å². The summed E-state index contributed by atoms with van der Waals surface area (Å²) in [5, 5.41) is 9.49. The number of ether oxygens (including phenoxy) is 1. The molecule has 1 aromatic heterocycles. The summed E-state index contributed by atoms with van der Waals surface area (Å²) in [4.78, 5) is 11.3. The molecule has 0 radical (unpaired) electrons. The fourth-order valence-corrected chi connectivity index (χ4v) is 3.51. The molecule has 1 aromatic rings. The molecule has 5 heteroatoms. The van der Waals surface area contributed by atoms with Crippen LogP contribution in [0, 0.1) is 0 Å². The standard InChI is InChI=1S/C16H25N3O2/c1-16(2)10-19(8-12(9-20)21-16)15-13-6-4-3-5-7-14(13)17-11-18-15/h11-12,20H,3-10H2,1-2H3. The lowest BCUT2D eigenvalue weighted by molar-refractivity contribution is -0.101. The Kier molecular flexibility index (Phi) is 4.13. The van der Waals surface area contributed by atoms with Crippen molar-refractivity contribution >= 4 is 5.82 Å². The molecule has 0 spiro atoms. The number of hydrogen-bond donors (Lipinski definition) is 1. The van der Waals surface area contributed by atoms with Crippen molar-refractivity contribution in [2.24, 2.45) is 0 Å². The van der Waals surface area contributed by atoms with Gasteiger partial charge in [-0.25, -0.2) is 9.97 Å². The Balaban J connectivity index is 1.92. The van der Waals surface area contributed by atoms with E-state index in [1.807, 2.05) is 0 Å². The largest absolute Gasteiger partial charge is 0.394 e. The molecule has 1 fully saturated rings. The Morgan fingerprint density at radius 3 is 2.90 bits per heavy atom. The zero-order valence-corrected chi connectivity index (χ0v) is 13.0. The van der Waals surface area contributed by atoms with Gasteiger partial charge < -0.3 is 14.7 Å². The first kappa shape index (κ1) is 14.7. The molecule has 21 heavy (non-hydrogen) atoms. The number of fused-ring (bicyclic) bond motifs is 1. The maximum absolute atomic E-state index is 9.49. The predicted molar refractivity (Wildman–Crippen MR) is 81.5 cm³/mol. The molecule has 0 bridgehead atoms. The summed E-state index contributed by atoms with van der Waals surface area (Å²) < 4.78 is 5.91. The maximum atomic E-state index is 9.49. The van der Waals surface area contributed by atoms with E-state index in [2.05, 4.69) is 28.7 Å². The summed E-state index contributed by atoms with van der Waals surface area (Å²) in [6, 6.07) is 0. The van der Waals surface area contributed by atoms with Crippen LogP contribution in [-0.4, -0.2) is 46.5 Å². The highest BCUT2D eigenvalue weighted by Gasteiger charge is 2.35. The Bertz CT molecular complexity index is 504. The second kappa shape index (κ2) is 5.89. The molecule has 116 valence electrons. The molecular formula is C16H25N3O2. The number of nitrogens with zero attached hydrogens (tertiary/aromatic N) is 3. The van der Waals surface area contributed by atoms with Crippen LogP contribution in [0.25, 0.3) is 0 Å². The van der Waals surface area contributed by atoms with Crippen LogP contribution in [0.15, 0.2) is 6.33 Å².